The van der Waals surface area contributed by atoms with Crippen LogP contribution < -0.4 is 0 Å². The Morgan fingerprint density at radius 3 is 2.41 bits per heavy atom. The molecule has 94 valence electrons. The van der Waals surface area contributed by atoms with E-state index in [0.717, 1.165) is 18.5 Å². The van der Waals surface area contributed by atoms with Gasteiger partial charge in [0, 0.05) is 12.6 Å². The summed E-state index contributed by atoms with van der Waals surface area (Å²) in [5.74, 6) is 6.05. The highest BCUT2D eigenvalue weighted by Gasteiger charge is 1.96. The van der Waals surface area contributed by atoms with Gasteiger partial charge in [0.05, 0.1) is 5.69 Å². The minimum absolute atomic E-state index is 1.06. The second-order valence-corrected chi connectivity index (χ2v) is 4.37. The molecule has 0 radical (unpaired) electrons. The van der Waals surface area contributed by atoms with Crippen molar-refractivity contribution in [2.45, 2.75) is 64.7 Å². The predicted molar refractivity (Wildman–Crippen MR) is 70.5 cm³/mol. The molecule has 0 amide bonds. The maximum absolute atomic E-state index is 3.97. The Labute approximate surface area is 104 Å². The van der Waals surface area contributed by atoms with E-state index in [1.807, 2.05) is 13.1 Å². The highest BCUT2D eigenvalue weighted by atomic mass is 15.3. The van der Waals surface area contributed by atoms with Gasteiger partial charge in [-0.15, -0.1) is 16.9 Å². The highest BCUT2D eigenvalue weighted by molar-refractivity contribution is 4.94. The summed E-state index contributed by atoms with van der Waals surface area (Å²) in [5.41, 5.74) is 1.09. The molecule has 1 rings (SSSR count). The molecule has 1 aromatic heterocycles. The fraction of sp³-hybridized carbons (Fsp3) is 0.714. The van der Waals surface area contributed by atoms with Crippen LogP contribution in [0.2, 0.25) is 0 Å². The molecule has 3 heteroatoms. The molecule has 0 atom stereocenters. The minimum Gasteiger partial charge on any atom is -0.265 e. The van der Waals surface area contributed by atoms with Gasteiger partial charge < -0.3 is 0 Å². The van der Waals surface area contributed by atoms with E-state index in [9.17, 15) is 0 Å². The molecule has 0 aromatic carbocycles. The number of H-pyrrole nitrogens is 1. The molecule has 17 heavy (non-hydrogen) atoms. The molecule has 0 aliphatic heterocycles. The third-order valence-electron chi connectivity index (χ3n) is 2.88. The van der Waals surface area contributed by atoms with E-state index in [4.69, 9.17) is 0 Å². The van der Waals surface area contributed by atoms with Crippen molar-refractivity contribution in [1.29, 1.82) is 0 Å². The van der Waals surface area contributed by atoms with Crippen LogP contribution in [0.15, 0.2) is 6.20 Å². The molecule has 1 heterocycles. The van der Waals surface area contributed by atoms with Crippen LogP contribution >= 0.6 is 0 Å². The number of unbranched alkanes of at least 4 members (excludes halogenated alkanes) is 7. The van der Waals surface area contributed by atoms with E-state index in [1.54, 1.807) is 0 Å². The number of aromatic nitrogens is 3. The van der Waals surface area contributed by atoms with E-state index in [1.165, 1.54) is 44.9 Å². The molecule has 0 saturated heterocycles. The van der Waals surface area contributed by atoms with Gasteiger partial charge in [-0.25, -0.2) is 0 Å². The summed E-state index contributed by atoms with van der Waals surface area (Å²) >= 11 is 0. The maximum atomic E-state index is 3.97. The Kier molecular flexibility index (Phi) is 8.01. The maximum Gasteiger partial charge on any atom is 0.0824 e. The number of aryl methyl sites for hydroxylation is 1. The molecule has 0 bridgehead atoms. The number of aromatic amines is 1. The molecule has 0 fully saturated rings. The smallest absolute Gasteiger partial charge is 0.0824 e. The van der Waals surface area contributed by atoms with Gasteiger partial charge in [-0.05, 0) is 26.2 Å². The lowest BCUT2D eigenvalue weighted by molar-refractivity contribution is 0.581. The van der Waals surface area contributed by atoms with Crippen LogP contribution in [-0.2, 0) is 6.42 Å². The van der Waals surface area contributed by atoms with Gasteiger partial charge in [0.25, 0.3) is 0 Å². The largest absolute Gasteiger partial charge is 0.265 e. The lowest BCUT2D eigenvalue weighted by atomic mass is 10.1. The first kappa shape index (κ1) is 13.8. The van der Waals surface area contributed by atoms with Gasteiger partial charge in [-0.2, -0.15) is 0 Å². The van der Waals surface area contributed by atoms with Crippen molar-refractivity contribution < 1.29 is 0 Å². The number of nitrogens with one attached hydrogen (secondary N) is 1. The van der Waals surface area contributed by atoms with Crippen molar-refractivity contribution in [3.63, 3.8) is 0 Å². The van der Waals surface area contributed by atoms with Crippen LogP contribution in [-0.4, -0.2) is 15.4 Å². The summed E-state index contributed by atoms with van der Waals surface area (Å²) in [4.78, 5) is 0. The van der Waals surface area contributed by atoms with Crippen LogP contribution in [0, 0.1) is 11.8 Å². The number of rotatable bonds is 9. The Balaban J connectivity index is 1.79. The molecule has 0 saturated carbocycles. The van der Waals surface area contributed by atoms with Gasteiger partial charge in [0.2, 0.25) is 0 Å². The van der Waals surface area contributed by atoms with E-state index >= 15 is 0 Å². The molecule has 0 unspecified atom stereocenters. The molecule has 3 nitrogen and oxygen atoms in total. The lowest BCUT2D eigenvalue weighted by Crippen LogP contribution is -1.86. The average Bonchev–Trinajstić information content (AvgIpc) is 2.85. The van der Waals surface area contributed by atoms with E-state index in [0.29, 0.717) is 0 Å². The number of hydrogen-bond acceptors (Lipinski definition) is 2. The summed E-state index contributed by atoms with van der Waals surface area (Å²) < 4.78 is 0. The molecule has 0 spiro atoms. The third kappa shape index (κ3) is 7.57. The summed E-state index contributed by atoms with van der Waals surface area (Å²) in [7, 11) is 0. The Bertz CT molecular complexity index is 319. The molecule has 1 N–H and O–H groups in total. The van der Waals surface area contributed by atoms with Crippen LogP contribution in [0.25, 0.3) is 0 Å². The number of nitrogens with zero attached hydrogens (tertiary/aromatic N) is 2. The minimum atomic E-state index is 1.06. The zero-order chi connectivity index (χ0) is 12.2. The van der Waals surface area contributed by atoms with Crippen LogP contribution in [0.3, 0.4) is 0 Å². The van der Waals surface area contributed by atoms with Crippen molar-refractivity contribution >= 4 is 0 Å². The van der Waals surface area contributed by atoms with E-state index in [2.05, 4.69) is 27.3 Å². The normalized spacial score (nSPS) is 9.94. The second kappa shape index (κ2) is 9.89. The van der Waals surface area contributed by atoms with Gasteiger partial charge >= 0.3 is 0 Å². The van der Waals surface area contributed by atoms with Gasteiger partial charge in [-0.1, -0.05) is 37.3 Å². The van der Waals surface area contributed by atoms with Crippen molar-refractivity contribution in [3.05, 3.63) is 11.9 Å². The first-order valence-corrected chi connectivity index (χ1v) is 6.68. The van der Waals surface area contributed by atoms with Crippen LogP contribution in [0.5, 0.6) is 0 Å². The van der Waals surface area contributed by atoms with Gasteiger partial charge in [0.1, 0.15) is 0 Å². The zero-order valence-electron chi connectivity index (χ0n) is 10.8. The fourth-order valence-corrected chi connectivity index (χ4v) is 1.88. The molecule has 0 aliphatic rings. The van der Waals surface area contributed by atoms with Crippen molar-refractivity contribution in [2.24, 2.45) is 0 Å². The Morgan fingerprint density at radius 1 is 1.06 bits per heavy atom. The summed E-state index contributed by atoms with van der Waals surface area (Å²) in [6.07, 6.45) is 13.2. The average molecular weight is 233 g/mol. The van der Waals surface area contributed by atoms with Crippen LogP contribution in [0.1, 0.15) is 64.0 Å². The Hall–Kier alpha value is -1.30. The van der Waals surface area contributed by atoms with Crippen molar-refractivity contribution in [1.82, 2.24) is 15.4 Å². The first-order chi connectivity index (χ1) is 8.43. The summed E-state index contributed by atoms with van der Waals surface area (Å²) in [6, 6.07) is 0. The fourth-order valence-electron chi connectivity index (χ4n) is 1.88. The molecule has 1 aromatic rings. The zero-order valence-corrected chi connectivity index (χ0v) is 10.8. The molecular formula is C14H23N3. The van der Waals surface area contributed by atoms with E-state index in [-0.39, 0.29) is 0 Å². The van der Waals surface area contributed by atoms with Crippen LogP contribution in [0.4, 0.5) is 0 Å². The second-order valence-electron chi connectivity index (χ2n) is 4.37. The lowest BCUT2D eigenvalue weighted by Gasteiger charge is -2.00. The van der Waals surface area contributed by atoms with Crippen molar-refractivity contribution in [3.8, 4) is 11.8 Å². The summed E-state index contributed by atoms with van der Waals surface area (Å²) in [5, 5.41) is 10.4. The van der Waals surface area contributed by atoms with Crippen molar-refractivity contribution in [2.75, 3.05) is 0 Å². The molecular weight excluding hydrogens is 210 g/mol. The first-order valence-electron chi connectivity index (χ1n) is 6.68. The predicted octanol–water partition coefficient (Wildman–Crippen LogP) is 3.49. The monoisotopic (exact) mass is 233 g/mol. The SMILES string of the molecule is CC#CCCCCCCCCCc1c[nH]nn1. The Morgan fingerprint density at radius 2 is 1.76 bits per heavy atom. The quantitative estimate of drug-likeness (QED) is 0.524. The third-order valence-corrected chi connectivity index (χ3v) is 2.88. The molecule has 0 aliphatic carbocycles. The topological polar surface area (TPSA) is 41.6 Å². The standard InChI is InChI=1S/C14H23N3/c1-2-3-4-5-6-7-8-9-10-11-12-14-13-15-17-16-14/h13H,4-12H2,1H3,(H,15,16,17). The summed E-state index contributed by atoms with van der Waals surface area (Å²) in [6.45, 7) is 1.91. The van der Waals surface area contributed by atoms with E-state index < -0.39 is 0 Å². The number of hydrogen-bond donors (Lipinski definition) is 1. The highest BCUT2D eigenvalue weighted by Crippen LogP contribution is 2.09. The van der Waals surface area contributed by atoms with Gasteiger partial charge in [0.15, 0.2) is 0 Å². The van der Waals surface area contributed by atoms with Gasteiger partial charge in [-0.3, -0.25) is 5.10 Å².